The molecule has 1 aliphatic heterocycles. The lowest BCUT2D eigenvalue weighted by Crippen LogP contribution is -2.44. The summed E-state index contributed by atoms with van der Waals surface area (Å²) in [5, 5.41) is 1.04. The van der Waals surface area contributed by atoms with Crippen LogP contribution < -0.4 is 4.74 Å². The molecule has 0 radical (unpaired) electrons. The van der Waals surface area contributed by atoms with Gasteiger partial charge in [0.05, 0.1) is 12.1 Å². The fraction of sp³-hybridized carbons (Fsp3) is 0.500. The maximum Gasteiger partial charge on any atom is 0.316 e. The van der Waals surface area contributed by atoms with Crippen LogP contribution in [-0.2, 0) is 0 Å². The van der Waals surface area contributed by atoms with Gasteiger partial charge in [-0.05, 0) is 19.5 Å². The van der Waals surface area contributed by atoms with Crippen molar-refractivity contribution in [3.63, 3.8) is 0 Å². The SMILES string of the molecule is CN1CCN(CCCOc2ncc3ccccc3n2)CC1. The Hall–Kier alpha value is -1.72. The van der Waals surface area contributed by atoms with Crippen molar-refractivity contribution in [3.05, 3.63) is 30.5 Å². The van der Waals surface area contributed by atoms with Gasteiger partial charge in [0, 0.05) is 44.3 Å². The molecule has 0 unspecified atom stereocenters. The van der Waals surface area contributed by atoms with E-state index in [2.05, 4.69) is 26.8 Å². The van der Waals surface area contributed by atoms with Crippen molar-refractivity contribution >= 4 is 10.9 Å². The topological polar surface area (TPSA) is 41.5 Å². The van der Waals surface area contributed by atoms with Crippen LogP contribution in [0, 0.1) is 0 Å². The van der Waals surface area contributed by atoms with Gasteiger partial charge in [-0.2, -0.15) is 4.98 Å². The van der Waals surface area contributed by atoms with Gasteiger partial charge in [-0.3, -0.25) is 0 Å². The molecular weight excluding hydrogens is 264 g/mol. The highest BCUT2D eigenvalue weighted by Crippen LogP contribution is 2.13. The molecule has 0 aliphatic carbocycles. The fourth-order valence-electron chi connectivity index (χ4n) is 2.55. The van der Waals surface area contributed by atoms with Gasteiger partial charge >= 0.3 is 6.01 Å². The number of benzene rings is 1. The van der Waals surface area contributed by atoms with E-state index < -0.39 is 0 Å². The summed E-state index contributed by atoms with van der Waals surface area (Å²) >= 11 is 0. The molecule has 0 saturated carbocycles. The molecule has 5 heteroatoms. The summed E-state index contributed by atoms with van der Waals surface area (Å²) < 4.78 is 5.67. The lowest BCUT2D eigenvalue weighted by Gasteiger charge is -2.32. The number of hydrogen-bond donors (Lipinski definition) is 0. The van der Waals surface area contributed by atoms with Crippen molar-refractivity contribution in [3.8, 4) is 6.01 Å². The molecule has 1 fully saturated rings. The Morgan fingerprint density at radius 2 is 1.95 bits per heavy atom. The van der Waals surface area contributed by atoms with Gasteiger partial charge in [0.15, 0.2) is 0 Å². The van der Waals surface area contributed by atoms with Gasteiger partial charge in [0.25, 0.3) is 0 Å². The molecule has 2 aromatic rings. The van der Waals surface area contributed by atoms with Crippen molar-refractivity contribution in [1.82, 2.24) is 19.8 Å². The van der Waals surface area contributed by atoms with Crippen LogP contribution in [0.5, 0.6) is 6.01 Å². The van der Waals surface area contributed by atoms with Gasteiger partial charge in [0.1, 0.15) is 0 Å². The summed E-state index contributed by atoms with van der Waals surface area (Å²) in [5.41, 5.74) is 0.932. The number of piperazine rings is 1. The monoisotopic (exact) mass is 286 g/mol. The van der Waals surface area contributed by atoms with E-state index in [1.54, 1.807) is 0 Å². The summed E-state index contributed by atoms with van der Waals surface area (Å²) in [7, 11) is 2.18. The van der Waals surface area contributed by atoms with Crippen molar-refractivity contribution in [2.24, 2.45) is 0 Å². The zero-order valence-electron chi connectivity index (χ0n) is 12.5. The molecule has 1 aromatic carbocycles. The highest BCUT2D eigenvalue weighted by molar-refractivity contribution is 5.77. The van der Waals surface area contributed by atoms with Crippen LogP contribution in [0.15, 0.2) is 30.5 Å². The minimum absolute atomic E-state index is 0.479. The normalized spacial score (nSPS) is 17.2. The van der Waals surface area contributed by atoms with Crippen LogP contribution in [-0.4, -0.2) is 66.1 Å². The van der Waals surface area contributed by atoms with Gasteiger partial charge in [0.2, 0.25) is 0 Å². The zero-order valence-corrected chi connectivity index (χ0v) is 12.5. The molecule has 1 saturated heterocycles. The Labute approximate surface area is 125 Å². The van der Waals surface area contributed by atoms with E-state index in [0.717, 1.165) is 50.0 Å². The van der Waals surface area contributed by atoms with Crippen LogP contribution in [0.3, 0.4) is 0 Å². The molecule has 5 nitrogen and oxygen atoms in total. The Morgan fingerprint density at radius 1 is 1.14 bits per heavy atom. The highest BCUT2D eigenvalue weighted by Gasteiger charge is 2.12. The Morgan fingerprint density at radius 3 is 2.81 bits per heavy atom. The maximum absolute atomic E-state index is 5.67. The molecule has 21 heavy (non-hydrogen) atoms. The number of para-hydroxylation sites is 1. The third kappa shape index (κ3) is 3.89. The third-order valence-electron chi connectivity index (χ3n) is 3.91. The lowest BCUT2D eigenvalue weighted by atomic mass is 10.2. The number of fused-ring (bicyclic) bond motifs is 1. The van der Waals surface area contributed by atoms with E-state index in [-0.39, 0.29) is 0 Å². The van der Waals surface area contributed by atoms with Gasteiger partial charge in [-0.15, -0.1) is 0 Å². The standard InChI is InChI=1S/C16H22N4O/c1-19-8-10-20(11-9-19)7-4-12-21-16-17-13-14-5-2-3-6-15(14)18-16/h2-3,5-6,13H,4,7-12H2,1H3. The Bertz CT molecular complexity index is 581. The Kier molecular flexibility index (Phi) is 4.62. The summed E-state index contributed by atoms with van der Waals surface area (Å²) in [5.74, 6) is 0. The first-order chi connectivity index (χ1) is 10.3. The quantitative estimate of drug-likeness (QED) is 0.782. The van der Waals surface area contributed by atoms with E-state index in [0.29, 0.717) is 12.6 Å². The third-order valence-corrected chi connectivity index (χ3v) is 3.91. The highest BCUT2D eigenvalue weighted by atomic mass is 16.5. The van der Waals surface area contributed by atoms with Crippen LogP contribution in [0.2, 0.25) is 0 Å². The van der Waals surface area contributed by atoms with E-state index in [1.165, 1.54) is 0 Å². The molecule has 0 bridgehead atoms. The second-order valence-corrected chi connectivity index (χ2v) is 5.56. The molecule has 2 heterocycles. The molecule has 1 aromatic heterocycles. The van der Waals surface area contributed by atoms with Crippen molar-refractivity contribution in [2.75, 3.05) is 46.4 Å². The van der Waals surface area contributed by atoms with Gasteiger partial charge < -0.3 is 14.5 Å². The number of nitrogens with zero attached hydrogens (tertiary/aromatic N) is 4. The van der Waals surface area contributed by atoms with Crippen LogP contribution in [0.4, 0.5) is 0 Å². The number of hydrogen-bond acceptors (Lipinski definition) is 5. The van der Waals surface area contributed by atoms with E-state index in [4.69, 9.17) is 4.74 Å². The first kappa shape index (κ1) is 14.2. The molecule has 0 atom stereocenters. The minimum Gasteiger partial charge on any atom is -0.463 e. The number of likely N-dealkylation sites (N-methyl/N-ethyl adjacent to an activating group) is 1. The van der Waals surface area contributed by atoms with E-state index >= 15 is 0 Å². The second-order valence-electron chi connectivity index (χ2n) is 5.56. The molecule has 0 amide bonds. The number of rotatable bonds is 5. The fourth-order valence-corrected chi connectivity index (χ4v) is 2.55. The predicted octanol–water partition coefficient (Wildman–Crippen LogP) is 1.65. The van der Waals surface area contributed by atoms with Gasteiger partial charge in [-0.25, -0.2) is 4.98 Å². The summed E-state index contributed by atoms with van der Waals surface area (Å²) in [4.78, 5) is 13.5. The Balaban J connectivity index is 1.44. The summed E-state index contributed by atoms with van der Waals surface area (Å²) in [6.07, 6.45) is 2.83. The minimum atomic E-state index is 0.479. The first-order valence-corrected chi connectivity index (χ1v) is 7.57. The van der Waals surface area contributed by atoms with Crippen LogP contribution in [0.25, 0.3) is 10.9 Å². The van der Waals surface area contributed by atoms with Crippen LogP contribution in [0.1, 0.15) is 6.42 Å². The molecule has 0 spiro atoms. The zero-order chi connectivity index (χ0) is 14.5. The molecule has 3 rings (SSSR count). The predicted molar refractivity (Wildman–Crippen MR) is 83.6 cm³/mol. The molecular formula is C16H22N4O. The average molecular weight is 286 g/mol. The molecule has 112 valence electrons. The largest absolute Gasteiger partial charge is 0.463 e. The van der Waals surface area contributed by atoms with E-state index in [1.807, 2.05) is 30.5 Å². The average Bonchev–Trinajstić information content (AvgIpc) is 2.53. The second kappa shape index (κ2) is 6.83. The van der Waals surface area contributed by atoms with Crippen LogP contribution >= 0.6 is 0 Å². The summed E-state index contributed by atoms with van der Waals surface area (Å²) in [6, 6.07) is 8.43. The molecule has 1 aliphatic rings. The number of ether oxygens (including phenoxy) is 1. The molecule has 0 N–H and O–H groups in total. The van der Waals surface area contributed by atoms with Crippen molar-refractivity contribution in [2.45, 2.75) is 6.42 Å². The van der Waals surface area contributed by atoms with Gasteiger partial charge in [-0.1, -0.05) is 18.2 Å². The first-order valence-electron chi connectivity index (χ1n) is 7.57. The van der Waals surface area contributed by atoms with E-state index in [9.17, 15) is 0 Å². The summed E-state index contributed by atoms with van der Waals surface area (Å²) in [6.45, 7) is 6.39. The maximum atomic E-state index is 5.67. The number of aromatic nitrogens is 2. The lowest BCUT2D eigenvalue weighted by molar-refractivity contribution is 0.144. The van der Waals surface area contributed by atoms with Crippen molar-refractivity contribution in [1.29, 1.82) is 0 Å². The van der Waals surface area contributed by atoms with Crippen molar-refractivity contribution < 1.29 is 4.74 Å². The smallest absolute Gasteiger partial charge is 0.316 e.